The summed E-state index contributed by atoms with van der Waals surface area (Å²) < 4.78 is 58.7. The standard InChI is InChI=1S/C50H56O11/c1-2-28-55-47-46(57-32-39-24-14-6-15-25-39)44(42(59-49(47)52)35-54-30-37-20-10-4-11-21-37)61-50-48(58-33-40-26-16-7-17-27-40)45(56-31-38-22-12-5-13-23-38)43(51)41(60-50)34-53-29-36-18-8-3-9-19-36/h2-27,41-52H,1,28-35H2/t41-,42-,43-,44+,45+,46+,47-,48+,49-,50+/m1/s1. The molecule has 2 aliphatic rings. The van der Waals surface area contributed by atoms with Crippen LogP contribution in [0.5, 0.6) is 0 Å². The Morgan fingerprint density at radius 2 is 0.852 bits per heavy atom. The fourth-order valence-electron chi connectivity index (χ4n) is 7.43. The lowest BCUT2D eigenvalue weighted by molar-refractivity contribution is -0.370. The van der Waals surface area contributed by atoms with E-state index >= 15 is 0 Å². The molecule has 0 aromatic heterocycles. The maximum atomic E-state index is 12.1. The Hall–Kier alpha value is -4.60. The Morgan fingerprint density at radius 3 is 1.31 bits per heavy atom. The topological polar surface area (TPSA) is 124 Å². The van der Waals surface area contributed by atoms with Crippen LogP contribution in [0.4, 0.5) is 0 Å². The van der Waals surface area contributed by atoms with Crippen LogP contribution in [0.25, 0.3) is 0 Å². The van der Waals surface area contributed by atoms with Gasteiger partial charge in [0.2, 0.25) is 0 Å². The Balaban J connectivity index is 1.22. The Kier molecular flexibility index (Phi) is 17.2. The van der Waals surface area contributed by atoms with Crippen molar-refractivity contribution in [3.8, 4) is 0 Å². The van der Waals surface area contributed by atoms with Crippen LogP contribution in [0.15, 0.2) is 164 Å². The Labute approximate surface area is 358 Å². The molecule has 7 rings (SSSR count). The molecule has 2 saturated heterocycles. The second kappa shape index (κ2) is 23.6. The van der Waals surface area contributed by atoms with Gasteiger partial charge in [0.05, 0.1) is 52.9 Å². The number of hydrogen-bond acceptors (Lipinski definition) is 11. The molecule has 61 heavy (non-hydrogen) atoms. The predicted molar refractivity (Wildman–Crippen MR) is 228 cm³/mol. The Morgan fingerprint density at radius 1 is 0.443 bits per heavy atom. The van der Waals surface area contributed by atoms with Crippen molar-refractivity contribution in [2.45, 2.75) is 94.4 Å². The molecule has 11 nitrogen and oxygen atoms in total. The van der Waals surface area contributed by atoms with Gasteiger partial charge in [0.1, 0.15) is 48.8 Å². The summed E-state index contributed by atoms with van der Waals surface area (Å²) in [6.07, 6.45) is -8.68. The van der Waals surface area contributed by atoms with E-state index in [4.69, 9.17) is 42.6 Å². The molecule has 0 saturated carbocycles. The molecule has 0 bridgehead atoms. The molecule has 0 aliphatic carbocycles. The molecule has 5 aromatic rings. The number of hydrogen-bond donors (Lipinski definition) is 2. The van der Waals surface area contributed by atoms with E-state index in [1.807, 2.05) is 152 Å². The molecular formula is C50H56O11. The van der Waals surface area contributed by atoms with Crippen LogP contribution >= 0.6 is 0 Å². The van der Waals surface area contributed by atoms with Gasteiger partial charge in [0, 0.05) is 0 Å². The molecule has 11 heteroatoms. The molecule has 0 amide bonds. The van der Waals surface area contributed by atoms with Gasteiger partial charge in [-0.15, -0.1) is 6.58 Å². The van der Waals surface area contributed by atoms with E-state index in [0.717, 1.165) is 27.8 Å². The molecule has 2 N–H and O–H groups in total. The largest absolute Gasteiger partial charge is 0.387 e. The molecule has 2 aliphatic heterocycles. The van der Waals surface area contributed by atoms with Gasteiger partial charge >= 0.3 is 0 Å². The van der Waals surface area contributed by atoms with E-state index in [-0.39, 0.29) is 39.6 Å². The number of ether oxygens (including phenoxy) is 9. The third-order valence-corrected chi connectivity index (χ3v) is 10.6. The van der Waals surface area contributed by atoms with E-state index in [1.165, 1.54) is 0 Å². The lowest BCUT2D eigenvalue weighted by Gasteiger charge is -2.49. The van der Waals surface area contributed by atoms with Crippen molar-refractivity contribution in [3.63, 3.8) is 0 Å². The van der Waals surface area contributed by atoms with E-state index in [0.29, 0.717) is 13.2 Å². The number of rotatable bonds is 22. The number of benzene rings is 5. The van der Waals surface area contributed by atoms with Crippen LogP contribution in [0.1, 0.15) is 27.8 Å². The van der Waals surface area contributed by atoms with E-state index in [1.54, 1.807) is 6.08 Å². The van der Waals surface area contributed by atoms with Crippen molar-refractivity contribution < 1.29 is 52.8 Å². The number of aliphatic hydroxyl groups excluding tert-OH is 2. The van der Waals surface area contributed by atoms with Gasteiger partial charge in [0.25, 0.3) is 0 Å². The summed E-state index contributed by atoms with van der Waals surface area (Å²) in [7, 11) is 0. The highest BCUT2D eigenvalue weighted by Gasteiger charge is 2.53. The predicted octanol–water partition coefficient (Wildman–Crippen LogP) is 6.94. The summed E-state index contributed by atoms with van der Waals surface area (Å²) in [6, 6.07) is 48.7. The van der Waals surface area contributed by atoms with Gasteiger partial charge < -0.3 is 52.8 Å². The lowest BCUT2D eigenvalue weighted by Crippen LogP contribution is -2.66. The second-order valence-electron chi connectivity index (χ2n) is 15.1. The Bertz CT molecular complexity index is 1960. The first kappa shape index (κ1) is 44.5. The van der Waals surface area contributed by atoms with Gasteiger partial charge in [-0.05, 0) is 27.8 Å². The molecule has 2 heterocycles. The zero-order valence-electron chi connectivity index (χ0n) is 34.2. The third-order valence-electron chi connectivity index (χ3n) is 10.6. The van der Waals surface area contributed by atoms with Crippen LogP contribution in [0.3, 0.4) is 0 Å². The highest BCUT2D eigenvalue weighted by molar-refractivity contribution is 5.17. The van der Waals surface area contributed by atoms with E-state index in [2.05, 4.69) is 6.58 Å². The first-order valence-electron chi connectivity index (χ1n) is 20.8. The van der Waals surface area contributed by atoms with Crippen molar-refractivity contribution in [1.29, 1.82) is 0 Å². The molecular weight excluding hydrogens is 777 g/mol. The summed E-state index contributed by atoms with van der Waals surface area (Å²) in [5, 5.41) is 23.6. The van der Waals surface area contributed by atoms with Crippen LogP contribution in [-0.4, -0.2) is 91.4 Å². The molecule has 2 fully saturated rings. The summed E-state index contributed by atoms with van der Waals surface area (Å²) in [5.41, 5.74) is 4.67. The first-order valence-corrected chi connectivity index (χ1v) is 20.8. The highest BCUT2D eigenvalue weighted by atomic mass is 16.7. The maximum Gasteiger partial charge on any atom is 0.187 e. The zero-order valence-corrected chi connectivity index (χ0v) is 34.2. The first-order chi connectivity index (χ1) is 30.1. The van der Waals surface area contributed by atoms with Gasteiger partial charge in [0.15, 0.2) is 12.6 Å². The molecule has 10 atom stereocenters. The van der Waals surface area contributed by atoms with Crippen molar-refractivity contribution in [3.05, 3.63) is 192 Å². The van der Waals surface area contributed by atoms with Crippen LogP contribution in [0, 0.1) is 0 Å². The van der Waals surface area contributed by atoms with Gasteiger partial charge in [-0.25, -0.2) is 0 Å². The zero-order chi connectivity index (χ0) is 42.1. The molecule has 0 spiro atoms. The van der Waals surface area contributed by atoms with Crippen LogP contribution < -0.4 is 0 Å². The average molecular weight is 833 g/mol. The van der Waals surface area contributed by atoms with Crippen molar-refractivity contribution >= 4 is 0 Å². The fourth-order valence-corrected chi connectivity index (χ4v) is 7.43. The molecule has 0 unspecified atom stereocenters. The molecule has 0 radical (unpaired) electrons. The van der Waals surface area contributed by atoms with E-state index < -0.39 is 61.4 Å². The van der Waals surface area contributed by atoms with Crippen molar-refractivity contribution in [2.24, 2.45) is 0 Å². The quantitative estimate of drug-likeness (QED) is 0.0706. The van der Waals surface area contributed by atoms with Gasteiger partial charge in [-0.3, -0.25) is 0 Å². The average Bonchev–Trinajstić information content (AvgIpc) is 3.30. The maximum absolute atomic E-state index is 12.1. The van der Waals surface area contributed by atoms with E-state index in [9.17, 15) is 10.2 Å². The minimum atomic E-state index is -1.40. The van der Waals surface area contributed by atoms with Gasteiger partial charge in [-0.1, -0.05) is 158 Å². The minimum Gasteiger partial charge on any atom is -0.387 e. The summed E-state index contributed by atoms with van der Waals surface area (Å²) >= 11 is 0. The highest BCUT2D eigenvalue weighted by Crippen LogP contribution is 2.35. The number of aliphatic hydroxyl groups is 2. The summed E-state index contributed by atoms with van der Waals surface area (Å²) in [4.78, 5) is 0. The third kappa shape index (κ3) is 13.0. The summed E-state index contributed by atoms with van der Waals surface area (Å²) in [6.45, 7) is 5.12. The molecule has 5 aromatic carbocycles. The van der Waals surface area contributed by atoms with Crippen molar-refractivity contribution in [1.82, 2.24) is 0 Å². The smallest absolute Gasteiger partial charge is 0.187 e. The monoisotopic (exact) mass is 832 g/mol. The van der Waals surface area contributed by atoms with Crippen LogP contribution in [0.2, 0.25) is 0 Å². The SMILES string of the molecule is C=CCO[C@@H]1[C@@H](OCc2ccccc2)[C@@H](O[C@@H]2O[C@H](COCc3ccccc3)[C@@H](O)[C@H](OCc3ccccc3)[C@@H]2OCc2ccccc2)[C@@H](COCc2ccccc2)O[C@H]1O. The fraction of sp³-hybridized carbons (Fsp3) is 0.360. The summed E-state index contributed by atoms with van der Waals surface area (Å²) in [5.74, 6) is 0. The molecule has 322 valence electrons. The van der Waals surface area contributed by atoms with Crippen LogP contribution in [-0.2, 0) is 75.7 Å². The lowest BCUT2D eigenvalue weighted by atomic mass is 9.96. The normalized spacial score (nSPS) is 26.5. The van der Waals surface area contributed by atoms with Gasteiger partial charge in [-0.2, -0.15) is 0 Å². The minimum absolute atomic E-state index is 0.0228. The van der Waals surface area contributed by atoms with Crippen molar-refractivity contribution in [2.75, 3.05) is 19.8 Å². The second-order valence-corrected chi connectivity index (χ2v) is 15.1.